The molecule has 3 aromatic rings. The van der Waals surface area contributed by atoms with Crippen molar-refractivity contribution in [3.8, 4) is 5.75 Å². The van der Waals surface area contributed by atoms with Crippen molar-refractivity contribution in [1.82, 2.24) is 10.2 Å². The number of para-hydroxylation sites is 1. The van der Waals surface area contributed by atoms with Gasteiger partial charge < -0.3 is 25.1 Å². The zero-order chi connectivity index (χ0) is 23.4. The van der Waals surface area contributed by atoms with Crippen molar-refractivity contribution in [3.05, 3.63) is 69.6 Å². The maximum absolute atomic E-state index is 12.5. The number of piperidine rings is 1. The lowest BCUT2D eigenvalue weighted by Crippen LogP contribution is -2.45. The molecule has 1 aliphatic rings. The Kier molecular flexibility index (Phi) is 6.99. The first kappa shape index (κ1) is 22.9. The van der Waals surface area contributed by atoms with E-state index in [9.17, 15) is 9.59 Å². The molecule has 7 nitrogen and oxygen atoms in total. The summed E-state index contributed by atoms with van der Waals surface area (Å²) in [5, 5.41) is 4.04. The summed E-state index contributed by atoms with van der Waals surface area (Å²) in [6.45, 7) is 7.11. The predicted octanol–water partition coefficient (Wildman–Crippen LogP) is 3.66. The topological polar surface area (TPSA) is 97.8 Å². The molecule has 1 fully saturated rings. The van der Waals surface area contributed by atoms with Crippen LogP contribution < -0.4 is 21.4 Å². The van der Waals surface area contributed by atoms with E-state index >= 15 is 0 Å². The lowest BCUT2D eigenvalue weighted by atomic mass is 10.0. The van der Waals surface area contributed by atoms with Crippen molar-refractivity contribution in [2.75, 3.05) is 32.0 Å². The highest BCUT2D eigenvalue weighted by atomic mass is 16.5. The van der Waals surface area contributed by atoms with Crippen molar-refractivity contribution < 1.29 is 13.9 Å². The molecule has 1 aliphatic heterocycles. The summed E-state index contributed by atoms with van der Waals surface area (Å²) in [6.07, 6.45) is 2.73. The molecular weight excluding hydrogens is 418 g/mol. The Bertz CT molecular complexity index is 1200. The summed E-state index contributed by atoms with van der Waals surface area (Å²) in [6, 6.07) is 13.0. The summed E-state index contributed by atoms with van der Waals surface area (Å²) < 4.78 is 11.3. The number of ether oxygens (including phenoxy) is 1. The van der Waals surface area contributed by atoms with Gasteiger partial charge in [-0.3, -0.25) is 4.79 Å². The summed E-state index contributed by atoms with van der Waals surface area (Å²) in [4.78, 5) is 26.8. The molecule has 0 unspecified atom stereocenters. The van der Waals surface area contributed by atoms with Crippen LogP contribution in [0.3, 0.4) is 0 Å². The fourth-order valence-electron chi connectivity index (χ4n) is 4.26. The minimum Gasteiger partial charge on any atom is -0.493 e. The largest absolute Gasteiger partial charge is 0.493 e. The average molecular weight is 450 g/mol. The minimum atomic E-state index is -0.302. The van der Waals surface area contributed by atoms with E-state index in [0.717, 1.165) is 49.8 Å². The third kappa shape index (κ3) is 5.37. The molecule has 7 heteroatoms. The number of carbonyl (C=O) groups excluding carboxylic acids is 1. The second-order valence-electron chi connectivity index (χ2n) is 8.68. The first-order valence-electron chi connectivity index (χ1n) is 11.5. The second-order valence-corrected chi connectivity index (χ2v) is 8.68. The van der Waals surface area contributed by atoms with E-state index < -0.39 is 0 Å². The summed E-state index contributed by atoms with van der Waals surface area (Å²) in [5.41, 5.74) is 8.79. The van der Waals surface area contributed by atoms with Gasteiger partial charge in [0.1, 0.15) is 11.3 Å². The Morgan fingerprint density at radius 3 is 2.67 bits per heavy atom. The molecule has 3 N–H and O–H groups in total. The van der Waals surface area contributed by atoms with Crippen molar-refractivity contribution in [2.24, 2.45) is 0 Å². The van der Waals surface area contributed by atoms with Crippen LogP contribution in [0.1, 0.15) is 40.7 Å². The van der Waals surface area contributed by atoms with Crippen molar-refractivity contribution in [3.63, 3.8) is 0 Å². The summed E-state index contributed by atoms with van der Waals surface area (Å²) >= 11 is 0. The second kappa shape index (κ2) is 10.1. The van der Waals surface area contributed by atoms with Crippen LogP contribution in [-0.4, -0.2) is 43.1 Å². The minimum absolute atomic E-state index is 0.100. The van der Waals surface area contributed by atoms with Gasteiger partial charge in [-0.1, -0.05) is 12.1 Å². The molecule has 4 rings (SSSR count). The van der Waals surface area contributed by atoms with Crippen LogP contribution in [-0.2, 0) is 0 Å². The van der Waals surface area contributed by atoms with Crippen LogP contribution in [0.25, 0.3) is 11.0 Å². The molecule has 0 aliphatic carbocycles. The van der Waals surface area contributed by atoms with E-state index in [0.29, 0.717) is 34.8 Å². The Morgan fingerprint density at radius 1 is 1.15 bits per heavy atom. The number of hydrogen-bond acceptors (Lipinski definition) is 6. The maximum atomic E-state index is 12.5. The monoisotopic (exact) mass is 449 g/mol. The normalized spacial score (nSPS) is 15.0. The Balaban J connectivity index is 1.20. The van der Waals surface area contributed by atoms with Gasteiger partial charge in [0.2, 0.25) is 0 Å². The quantitative estimate of drug-likeness (QED) is 0.325. The van der Waals surface area contributed by atoms with Gasteiger partial charge in [0.05, 0.1) is 12.2 Å². The van der Waals surface area contributed by atoms with Crippen LogP contribution in [0.2, 0.25) is 0 Å². The maximum Gasteiger partial charge on any atom is 0.339 e. The fraction of sp³-hybridized carbons (Fsp3) is 0.385. The van der Waals surface area contributed by atoms with Gasteiger partial charge in [0.25, 0.3) is 5.91 Å². The molecule has 1 aromatic heterocycles. The number of hydrogen-bond donors (Lipinski definition) is 2. The molecule has 0 spiro atoms. The van der Waals surface area contributed by atoms with E-state index in [-0.39, 0.29) is 17.6 Å². The number of likely N-dealkylation sites (tertiary alicyclic amines) is 1. The van der Waals surface area contributed by atoms with Gasteiger partial charge in [0.15, 0.2) is 0 Å². The Morgan fingerprint density at radius 2 is 1.91 bits per heavy atom. The Labute approximate surface area is 193 Å². The molecule has 0 saturated carbocycles. The van der Waals surface area contributed by atoms with E-state index in [2.05, 4.69) is 10.2 Å². The molecule has 0 radical (unpaired) electrons. The zero-order valence-corrected chi connectivity index (χ0v) is 19.2. The Hall–Kier alpha value is -3.32. The smallest absolute Gasteiger partial charge is 0.339 e. The lowest BCUT2D eigenvalue weighted by Gasteiger charge is -2.32. The van der Waals surface area contributed by atoms with Gasteiger partial charge in [-0.15, -0.1) is 0 Å². The molecular formula is C26H31N3O4. The molecule has 0 atom stereocenters. The van der Waals surface area contributed by atoms with Crippen molar-refractivity contribution >= 4 is 22.6 Å². The highest BCUT2D eigenvalue weighted by Crippen LogP contribution is 2.24. The van der Waals surface area contributed by atoms with Gasteiger partial charge in [-0.25, -0.2) is 4.79 Å². The number of anilines is 1. The third-order valence-corrected chi connectivity index (χ3v) is 6.44. The van der Waals surface area contributed by atoms with Crippen LogP contribution >= 0.6 is 0 Å². The first-order valence-corrected chi connectivity index (χ1v) is 11.5. The molecule has 2 aromatic carbocycles. The standard InChI is InChI=1S/C26H31N3O4/c1-17-18(2)26(31)33-24-16-20(8-9-21(17)24)32-15-5-12-29-13-10-19(11-14-29)28-25(30)22-6-3-4-7-23(22)27/h3-4,6-9,16,19H,5,10-15,27H2,1-2H3,(H,28,30). The predicted molar refractivity (Wildman–Crippen MR) is 130 cm³/mol. The number of aryl methyl sites for hydroxylation is 1. The number of rotatable bonds is 7. The molecule has 33 heavy (non-hydrogen) atoms. The lowest BCUT2D eigenvalue weighted by molar-refractivity contribution is 0.0910. The zero-order valence-electron chi connectivity index (χ0n) is 19.2. The van der Waals surface area contributed by atoms with Crippen LogP contribution in [0, 0.1) is 13.8 Å². The van der Waals surface area contributed by atoms with Gasteiger partial charge in [0, 0.05) is 48.4 Å². The molecule has 1 amide bonds. The number of benzene rings is 2. The SMILES string of the molecule is Cc1c(C)c2ccc(OCCCN3CCC(NC(=O)c4ccccc4N)CC3)cc2oc1=O. The number of nitrogens with one attached hydrogen (secondary N) is 1. The number of amides is 1. The number of carbonyl (C=O) groups is 1. The molecule has 174 valence electrons. The summed E-state index contributed by atoms with van der Waals surface area (Å²) in [7, 11) is 0. The fourth-order valence-corrected chi connectivity index (χ4v) is 4.26. The number of nitrogens with two attached hydrogens (primary N) is 1. The van der Waals surface area contributed by atoms with Crippen LogP contribution in [0.4, 0.5) is 5.69 Å². The van der Waals surface area contributed by atoms with Gasteiger partial charge >= 0.3 is 5.63 Å². The van der Waals surface area contributed by atoms with Crippen molar-refractivity contribution in [1.29, 1.82) is 0 Å². The number of nitrogens with zero attached hydrogens (tertiary/aromatic N) is 1. The molecule has 1 saturated heterocycles. The average Bonchev–Trinajstić information content (AvgIpc) is 2.81. The van der Waals surface area contributed by atoms with Crippen LogP contribution in [0.5, 0.6) is 5.75 Å². The van der Waals surface area contributed by atoms with Crippen LogP contribution in [0.15, 0.2) is 51.7 Å². The number of fused-ring (bicyclic) bond motifs is 1. The molecule has 0 bridgehead atoms. The summed E-state index contributed by atoms with van der Waals surface area (Å²) in [5.74, 6) is 0.604. The van der Waals surface area contributed by atoms with E-state index in [4.69, 9.17) is 14.9 Å². The van der Waals surface area contributed by atoms with E-state index in [1.54, 1.807) is 25.1 Å². The first-order chi connectivity index (χ1) is 15.9. The van der Waals surface area contributed by atoms with E-state index in [1.165, 1.54) is 0 Å². The molecule has 2 heterocycles. The van der Waals surface area contributed by atoms with Crippen molar-refractivity contribution in [2.45, 2.75) is 39.2 Å². The third-order valence-electron chi connectivity index (χ3n) is 6.44. The number of nitrogen functional groups attached to an aromatic ring is 1. The highest BCUT2D eigenvalue weighted by Gasteiger charge is 2.21. The van der Waals surface area contributed by atoms with Gasteiger partial charge in [-0.2, -0.15) is 0 Å². The van der Waals surface area contributed by atoms with Gasteiger partial charge in [-0.05, 0) is 62.9 Å². The van der Waals surface area contributed by atoms with E-state index in [1.807, 2.05) is 31.2 Å². The highest BCUT2D eigenvalue weighted by molar-refractivity contribution is 5.99.